The lowest BCUT2D eigenvalue weighted by Gasteiger charge is -2.26. The van der Waals surface area contributed by atoms with E-state index in [1.807, 2.05) is 30.3 Å². The molecule has 1 aromatic carbocycles. The highest BCUT2D eigenvalue weighted by atomic mass is 16.5. The molecule has 0 bridgehead atoms. The zero-order valence-electron chi connectivity index (χ0n) is 13.5. The largest absolute Gasteiger partial charge is 0.356 e. The van der Waals surface area contributed by atoms with E-state index in [1.54, 1.807) is 6.07 Å². The summed E-state index contributed by atoms with van der Waals surface area (Å²) in [4.78, 5) is 36.0. The van der Waals surface area contributed by atoms with Gasteiger partial charge < -0.3 is 14.7 Å². The summed E-state index contributed by atoms with van der Waals surface area (Å²) in [7, 11) is 0. The van der Waals surface area contributed by atoms with E-state index in [9.17, 15) is 14.4 Å². The van der Waals surface area contributed by atoms with Gasteiger partial charge in [0.15, 0.2) is 5.76 Å². The van der Waals surface area contributed by atoms with Gasteiger partial charge in [0.2, 0.25) is 11.8 Å². The lowest BCUT2D eigenvalue weighted by atomic mass is 10.1. The number of carbonyl (C=O) groups excluding carboxylic acids is 3. The third-order valence-corrected chi connectivity index (χ3v) is 3.84. The number of aromatic nitrogens is 1. The van der Waals surface area contributed by atoms with Gasteiger partial charge in [-0.2, -0.15) is 0 Å². The van der Waals surface area contributed by atoms with Crippen molar-refractivity contribution in [1.82, 2.24) is 20.7 Å². The first-order valence-corrected chi connectivity index (χ1v) is 7.98. The van der Waals surface area contributed by atoms with Crippen LogP contribution in [-0.2, 0) is 16.1 Å². The highest BCUT2D eigenvalue weighted by molar-refractivity contribution is 5.96. The minimum Gasteiger partial charge on any atom is -0.356 e. The van der Waals surface area contributed by atoms with E-state index in [-0.39, 0.29) is 37.7 Å². The normalized spacial score (nSPS) is 14.3. The Balaban J connectivity index is 1.44. The third kappa shape index (κ3) is 4.43. The van der Waals surface area contributed by atoms with Gasteiger partial charge in [0.25, 0.3) is 0 Å². The molecule has 0 aliphatic carbocycles. The maximum absolute atomic E-state index is 11.9. The van der Waals surface area contributed by atoms with Crippen LogP contribution in [0.3, 0.4) is 0 Å². The van der Waals surface area contributed by atoms with Crippen LogP contribution in [0.15, 0.2) is 40.9 Å². The smallest absolute Gasteiger partial charge is 0.324 e. The average Bonchev–Trinajstić information content (AvgIpc) is 3.09. The predicted molar refractivity (Wildman–Crippen MR) is 88.1 cm³/mol. The first-order chi connectivity index (χ1) is 12.1. The Morgan fingerprint density at radius 1 is 1.28 bits per heavy atom. The molecule has 4 amide bonds. The molecule has 0 spiro atoms. The van der Waals surface area contributed by atoms with Crippen molar-refractivity contribution in [2.24, 2.45) is 0 Å². The summed E-state index contributed by atoms with van der Waals surface area (Å²) in [6, 6.07) is 10.9. The predicted octanol–water partition coefficient (Wildman–Crippen LogP) is 1.29. The Bertz CT molecular complexity index is 772. The lowest BCUT2D eigenvalue weighted by molar-refractivity contribution is -0.121. The molecule has 2 N–H and O–H groups in total. The number of amides is 4. The Morgan fingerprint density at radius 2 is 2.08 bits per heavy atom. The van der Waals surface area contributed by atoms with E-state index >= 15 is 0 Å². The van der Waals surface area contributed by atoms with Gasteiger partial charge in [0, 0.05) is 37.6 Å². The van der Waals surface area contributed by atoms with E-state index in [0.29, 0.717) is 18.0 Å². The van der Waals surface area contributed by atoms with Crippen LogP contribution in [0, 0.1) is 0 Å². The van der Waals surface area contributed by atoms with Crippen LogP contribution in [0.1, 0.15) is 18.5 Å². The maximum atomic E-state index is 11.9. The summed E-state index contributed by atoms with van der Waals surface area (Å²) >= 11 is 0. The van der Waals surface area contributed by atoms with Crippen LogP contribution in [0.4, 0.5) is 4.79 Å². The molecule has 2 heterocycles. The zero-order valence-corrected chi connectivity index (χ0v) is 13.5. The monoisotopic (exact) mass is 342 g/mol. The van der Waals surface area contributed by atoms with Gasteiger partial charge >= 0.3 is 6.03 Å². The van der Waals surface area contributed by atoms with Gasteiger partial charge in [-0.1, -0.05) is 35.5 Å². The lowest BCUT2D eigenvalue weighted by Crippen LogP contribution is -2.50. The second-order valence-corrected chi connectivity index (χ2v) is 5.67. The number of benzene rings is 1. The van der Waals surface area contributed by atoms with Crippen LogP contribution in [-0.4, -0.2) is 41.0 Å². The average molecular weight is 342 g/mol. The summed E-state index contributed by atoms with van der Waals surface area (Å²) < 4.78 is 5.27. The Hall–Kier alpha value is -3.16. The molecule has 8 nitrogen and oxygen atoms in total. The Kier molecular flexibility index (Phi) is 5.08. The fraction of sp³-hybridized carbons (Fsp3) is 0.294. The molecule has 0 unspecified atom stereocenters. The topological polar surface area (TPSA) is 105 Å². The summed E-state index contributed by atoms with van der Waals surface area (Å²) in [5, 5.41) is 8.90. The summed E-state index contributed by atoms with van der Waals surface area (Å²) in [5.41, 5.74) is 1.53. The SMILES string of the molecule is O=C(CCN1CCC(=O)NC1=O)NCc1cc(-c2ccccc2)on1. The van der Waals surface area contributed by atoms with Crippen LogP contribution in [0.25, 0.3) is 11.3 Å². The zero-order chi connectivity index (χ0) is 17.6. The van der Waals surface area contributed by atoms with Crippen molar-refractivity contribution in [1.29, 1.82) is 0 Å². The van der Waals surface area contributed by atoms with Crippen LogP contribution < -0.4 is 10.6 Å². The fourth-order valence-electron chi connectivity index (χ4n) is 2.46. The van der Waals surface area contributed by atoms with Crippen molar-refractivity contribution < 1.29 is 18.9 Å². The second kappa shape index (κ2) is 7.61. The Morgan fingerprint density at radius 3 is 2.84 bits per heavy atom. The number of carbonyl (C=O) groups is 3. The third-order valence-electron chi connectivity index (χ3n) is 3.84. The van der Waals surface area contributed by atoms with E-state index in [1.165, 1.54) is 4.90 Å². The van der Waals surface area contributed by atoms with Crippen molar-refractivity contribution in [3.8, 4) is 11.3 Å². The van der Waals surface area contributed by atoms with Gasteiger partial charge in [-0.25, -0.2) is 4.79 Å². The highest BCUT2D eigenvalue weighted by Crippen LogP contribution is 2.19. The molecule has 1 fully saturated rings. The quantitative estimate of drug-likeness (QED) is 0.823. The number of hydrogen-bond acceptors (Lipinski definition) is 5. The van der Waals surface area contributed by atoms with Gasteiger partial charge in [-0.15, -0.1) is 0 Å². The molecule has 1 aliphatic heterocycles. The molecular weight excluding hydrogens is 324 g/mol. The molecule has 0 atom stereocenters. The molecule has 0 saturated carbocycles. The first kappa shape index (κ1) is 16.7. The maximum Gasteiger partial charge on any atom is 0.324 e. The molecule has 25 heavy (non-hydrogen) atoms. The highest BCUT2D eigenvalue weighted by Gasteiger charge is 2.23. The standard InChI is InChI=1S/C17H18N4O4/c22-15(6-8-21-9-7-16(23)19-17(21)24)18-11-13-10-14(25-20-13)12-4-2-1-3-5-12/h1-5,10H,6-9,11H2,(H,18,22)(H,19,23,24). The van der Waals surface area contributed by atoms with Crippen molar-refractivity contribution in [3.05, 3.63) is 42.1 Å². The summed E-state index contributed by atoms with van der Waals surface area (Å²) in [5.74, 6) is 0.152. The summed E-state index contributed by atoms with van der Waals surface area (Å²) in [6.45, 7) is 0.848. The van der Waals surface area contributed by atoms with Crippen molar-refractivity contribution in [2.75, 3.05) is 13.1 Å². The second-order valence-electron chi connectivity index (χ2n) is 5.67. The number of nitrogens with one attached hydrogen (secondary N) is 2. The van der Waals surface area contributed by atoms with Gasteiger partial charge in [-0.3, -0.25) is 14.9 Å². The number of hydrogen-bond donors (Lipinski definition) is 2. The molecule has 1 aliphatic rings. The minimum atomic E-state index is -0.451. The van der Waals surface area contributed by atoms with Crippen LogP contribution in [0.2, 0.25) is 0 Å². The van der Waals surface area contributed by atoms with Crippen LogP contribution in [0.5, 0.6) is 0 Å². The molecule has 8 heteroatoms. The van der Waals surface area contributed by atoms with Gasteiger partial charge in [0.05, 0.1) is 6.54 Å². The molecule has 1 aromatic heterocycles. The molecule has 1 saturated heterocycles. The number of nitrogens with zero attached hydrogens (tertiary/aromatic N) is 2. The van der Waals surface area contributed by atoms with E-state index in [2.05, 4.69) is 15.8 Å². The van der Waals surface area contributed by atoms with E-state index in [4.69, 9.17) is 4.52 Å². The van der Waals surface area contributed by atoms with Gasteiger partial charge in [0.1, 0.15) is 5.69 Å². The summed E-state index contributed by atoms with van der Waals surface area (Å²) in [6.07, 6.45) is 0.416. The first-order valence-electron chi connectivity index (χ1n) is 7.98. The van der Waals surface area contributed by atoms with Crippen molar-refractivity contribution >= 4 is 17.8 Å². The van der Waals surface area contributed by atoms with Crippen molar-refractivity contribution in [2.45, 2.75) is 19.4 Å². The molecule has 0 radical (unpaired) electrons. The minimum absolute atomic E-state index is 0.158. The molecular formula is C17H18N4O4. The molecule has 130 valence electrons. The van der Waals surface area contributed by atoms with Crippen LogP contribution >= 0.6 is 0 Å². The van der Waals surface area contributed by atoms with E-state index < -0.39 is 6.03 Å². The number of rotatable bonds is 6. The fourth-order valence-corrected chi connectivity index (χ4v) is 2.46. The van der Waals surface area contributed by atoms with E-state index in [0.717, 1.165) is 5.56 Å². The Labute approximate surface area is 144 Å². The van der Waals surface area contributed by atoms with Crippen molar-refractivity contribution in [3.63, 3.8) is 0 Å². The molecule has 2 aromatic rings. The number of urea groups is 1. The number of imide groups is 1. The molecule has 3 rings (SSSR count). The van der Waals surface area contributed by atoms with Gasteiger partial charge in [-0.05, 0) is 0 Å².